The molecule has 0 saturated heterocycles. The number of nitro benzene ring substituents is 1. The third-order valence-corrected chi connectivity index (χ3v) is 3.62. The van der Waals surface area contributed by atoms with E-state index in [-0.39, 0.29) is 5.69 Å². The largest absolute Gasteiger partial charge is 0.423 e. The van der Waals surface area contributed by atoms with Gasteiger partial charge in [0.05, 0.1) is 10.5 Å². The highest BCUT2D eigenvalue weighted by Crippen LogP contribution is 2.34. The van der Waals surface area contributed by atoms with Crippen LogP contribution in [-0.4, -0.2) is 10.9 Å². The summed E-state index contributed by atoms with van der Waals surface area (Å²) in [5.41, 5.74) is 2.67. The molecule has 2 aromatic rings. The predicted octanol–water partition coefficient (Wildman–Crippen LogP) is 3.97. The summed E-state index contributed by atoms with van der Waals surface area (Å²) in [5.74, 6) is 0.0492. The molecular weight excluding hydrogens is 294 g/mol. The van der Waals surface area contributed by atoms with Gasteiger partial charge in [-0.15, -0.1) is 0 Å². The van der Waals surface area contributed by atoms with Crippen molar-refractivity contribution in [1.29, 1.82) is 0 Å². The lowest BCUT2D eigenvalue weighted by atomic mass is 10.0. The lowest BCUT2D eigenvalue weighted by Gasteiger charge is -1.99. The van der Waals surface area contributed by atoms with Gasteiger partial charge >= 0.3 is 5.97 Å². The number of benzene rings is 2. The highest BCUT2D eigenvalue weighted by molar-refractivity contribution is 6.21. The molecular formula is C18H13NO4. The van der Waals surface area contributed by atoms with Crippen molar-refractivity contribution >= 4 is 23.3 Å². The summed E-state index contributed by atoms with van der Waals surface area (Å²) in [4.78, 5) is 22.4. The monoisotopic (exact) mass is 307 g/mol. The van der Waals surface area contributed by atoms with Crippen LogP contribution in [0.2, 0.25) is 0 Å². The van der Waals surface area contributed by atoms with E-state index >= 15 is 0 Å². The molecule has 0 aromatic heterocycles. The van der Waals surface area contributed by atoms with Crippen molar-refractivity contribution in [2.45, 2.75) is 6.92 Å². The van der Waals surface area contributed by atoms with E-state index in [0.29, 0.717) is 22.5 Å². The lowest BCUT2D eigenvalue weighted by Crippen LogP contribution is -1.98. The Bertz CT molecular complexity index is 833. The molecule has 1 aliphatic heterocycles. The molecule has 0 atom stereocenters. The number of allylic oxidation sites excluding steroid dienone is 1. The number of carbonyl (C=O) groups excluding carboxylic acids is 1. The molecule has 0 radical (unpaired) electrons. The molecule has 0 saturated carbocycles. The number of hydrogen-bond acceptors (Lipinski definition) is 4. The highest BCUT2D eigenvalue weighted by Gasteiger charge is 2.28. The van der Waals surface area contributed by atoms with E-state index in [1.807, 2.05) is 30.3 Å². The van der Waals surface area contributed by atoms with Crippen LogP contribution in [0.25, 0.3) is 11.6 Å². The minimum absolute atomic E-state index is 0.0154. The van der Waals surface area contributed by atoms with Crippen LogP contribution in [0.15, 0.2) is 65.9 Å². The Hall–Kier alpha value is -3.21. The first-order valence-electron chi connectivity index (χ1n) is 7.01. The predicted molar refractivity (Wildman–Crippen MR) is 86.2 cm³/mol. The fraction of sp³-hybridized carbons (Fsp3) is 0.0556. The van der Waals surface area contributed by atoms with Crippen LogP contribution in [0.5, 0.6) is 0 Å². The Morgan fingerprint density at radius 2 is 1.70 bits per heavy atom. The van der Waals surface area contributed by atoms with Crippen molar-refractivity contribution in [3.05, 3.63) is 87.2 Å². The van der Waals surface area contributed by atoms with Gasteiger partial charge in [0.15, 0.2) is 0 Å². The number of nitrogens with zero attached hydrogens (tertiary/aromatic N) is 1. The maximum absolute atomic E-state index is 12.1. The van der Waals surface area contributed by atoms with Gasteiger partial charge in [0.2, 0.25) is 0 Å². The van der Waals surface area contributed by atoms with Crippen molar-refractivity contribution < 1.29 is 14.5 Å². The summed E-state index contributed by atoms with van der Waals surface area (Å²) in [6.45, 7) is 1.80. The average Bonchev–Trinajstić information content (AvgIpc) is 2.82. The Labute approximate surface area is 132 Å². The molecule has 1 heterocycles. The van der Waals surface area contributed by atoms with Gasteiger partial charge in [-0.3, -0.25) is 10.1 Å². The first kappa shape index (κ1) is 14.7. The zero-order chi connectivity index (χ0) is 16.4. The molecule has 0 spiro atoms. The number of non-ortho nitro benzene ring substituents is 1. The van der Waals surface area contributed by atoms with Crippen LogP contribution in [0.3, 0.4) is 0 Å². The standard InChI is InChI=1S/C18H13NO4/c1-12-16(11-13-5-3-2-4-6-13)23-18(20)17(12)14-7-9-15(10-8-14)19(21)22/h2-11H,1H3. The van der Waals surface area contributed by atoms with Gasteiger partial charge in [-0.25, -0.2) is 4.79 Å². The van der Waals surface area contributed by atoms with Gasteiger partial charge in [-0.1, -0.05) is 30.3 Å². The SMILES string of the molecule is CC1=C(c2ccc([N+](=O)[O-])cc2)C(=O)OC1=Cc1ccccc1. The van der Waals surface area contributed by atoms with Gasteiger partial charge in [-0.05, 0) is 36.3 Å². The third kappa shape index (κ3) is 2.89. The molecule has 0 fully saturated rings. The van der Waals surface area contributed by atoms with E-state index < -0.39 is 10.9 Å². The Morgan fingerprint density at radius 1 is 1.04 bits per heavy atom. The van der Waals surface area contributed by atoms with Crippen molar-refractivity contribution in [3.8, 4) is 0 Å². The molecule has 0 bridgehead atoms. The number of cyclic esters (lactones) is 1. The fourth-order valence-electron chi connectivity index (χ4n) is 2.43. The molecule has 114 valence electrons. The van der Waals surface area contributed by atoms with Crippen LogP contribution >= 0.6 is 0 Å². The minimum atomic E-state index is -0.473. The van der Waals surface area contributed by atoms with Gasteiger partial charge in [0, 0.05) is 17.7 Å². The Morgan fingerprint density at radius 3 is 2.30 bits per heavy atom. The first-order chi connectivity index (χ1) is 11.1. The Kier molecular flexibility index (Phi) is 3.76. The van der Waals surface area contributed by atoms with Crippen molar-refractivity contribution in [3.63, 3.8) is 0 Å². The lowest BCUT2D eigenvalue weighted by molar-refractivity contribution is -0.384. The zero-order valence-corrected chi connectivity index (χ0v) is 12.4. The molecule has 0 N–H and O–H groups in total. The van der Waals surface area contributed by atoms with Gasteiger partial charge < -0.3 is 4.74 Å². The van der Waals surface area contributed by atoms with Crippen molar-refractivity contribution in [1.82, 2.24) is 0 Å². The van der Waals surface area contributed by atoms with Crippen molar-refractivity contribution in [2.24, 2.45) is 0 Å². The molecule has 5 nitrogen and oxygen atoms in total. The van der Waals surface area contributed by atoms with E-state index in [2.05, 4.69) is 0 Å². The third-order valence-electron chi connectivity index (χ3n) is 3.62. The van der Waals surface area contributed by atoms with E-state index in [4.69, 9.17) is 4.74 Å². The van der Waals surface area contributed by atoms with Crippen molar-refractivity contribution in [2.75, 3.05) is 0 Å². The number of nitro groups is 1. The Balaban J connectivity index is 1.99. The molecule has 0 amide bonds. The van der Waals surface area contributed by atoms with Crippen LogP contribution < -0.4 is 0 Å². The van der Waals surface area contributed by atoms with E-state index in [9.17, 15) is 14.9 Å². The second-order valence-electron chi connectivity index (χ2n) is 5.11. The molecule has 0 aliphatic carbocycles. The molecule has 23 heavy (non-hydrogen) atoms. The number of carbonyl (C=O) groups is 1. The molecule has 3 rings (SSSR count). The summed E-state index contributed by atoms with van der Waals surface area (Å²) in [6.07, 6.45) is 1.80. The second kappa shape index (κ2) is 5.88. The number of hydrogen-bond donors (Lipinski definition) is 0. The number of rotatable bonds is 3. The van der Waals surface area contributed by atoms with E-state index in [0.717, 1.165) is 5.56 Å². The molecule has 2 aromatic carbocycles. The number of ether oxygens (including phenoxy) is 1. The minimum Gasteiger partial charge on any atom is -0.423 e. The summed E-state index contributed by atoms with van der Waals surface area (Å²) in [6, 6.07) is 15.4. The topological polar surface area (TPSA) is 69.4 Å². The summed E-state index contributed by atoms with van der Waals surface area (Å²) >= 11 is 0. The highest BCUT2D eigenvalue weighted by atomic mass is 16.6. The molecule has 1 aliphatic rings. The van der Waals surface area contributed by atoms with Gasteiger partial charge in [-0.2, -0.15) is 0 Å². The first-order valence-corrected chi connectivity index (χ1v) is 7.01. The maximum Gasteiger partial charge on any atom is 0.344 e. The van der Waals surface area contributed by atoms with Crippen LogP contribution in [0.4, 0.5) is 5.69 Å². The number of esters is 1. The van der Waals surface area contributed by atoms with Crippen LogP contribution in [0.1, 0.15) is 18.1 Å². The summed E-state index contributed by atoms with van der Waals surface area (Å²) in [5, 5.41) is 10.7. The quantitative estimate of drug-likeness (QED) is 0.489. The van der Waals surface area contributed by atoms with Crippen LogP contribution in [-0.2, 0) is 9.53 Å². The maximum atomic E-state index is 12.1. The smallest absolute Gasteiger partial charge is 0.344 e. The van der Waals surface area contributed by atoms with E-state index in [1.54, 1.807) is 25.1 Å². The second-order valence-corrected chi connectivity index (χ2v) is 5.11. The zero-order valence-electron chi connectivity index (χ0n) is 12.4. The average molecular weight is 307 g/mol. The normalized spacial score (nSPS) is 15.9. The summed E-state index contributed by atoms with van der Waals surface area (Å²) < 4.78 is 5.34. The fourth-order valence-corrected chi connectivity index (χ4v) is 2.43. The van der Waals surface area contributed by atoms with Crippen LogP contribution in [0, 0.1) is 10.1 Å². The summed E-state index contributed by atoms with van der Waals surface area (Å²) in [7, 11) is 0. The van der Waals surface area contributed by atoms with Gasteiger partial charge in [0.25, 0.3) is 5.69 Å². The van der Waals surface area contributed by atoms with Gasteiger partial charge in [0.1, 0.15) is 5.76 Å². The molecule has 5 heteroatoms. The van der Waals surface area contributed by atoms with E-state index in [1.165, 1.54) is 12.1 Å². The molecule has 0 unspecified atom stereocenters.